The van der Waals surface area contributed by atoms with E-state index in [0.29, 0.717) is 24.1 Å². The fourth-order valence-corrected chi connectivity index (χ4v) is 2.64. The molecule has 1 rings (SSSR count). The second-order valence-corrected chi connectivity index (χ2v) is 5.36. The second kappa shape index (κ2) is 6.31. The minimum Gasteiger partial charge on any atom is -0.392 e. The van der Waals surface area contributed by atoms with E-state index >= 15 is 0 Å². The highest BCUT2D eigenvalue weighted by Gasteiger charge is 2.43. The molecule has 1 aliphatic rings. The summed E-state index contributed by atoms with van der Waals surface area (Å²) in [6, 6.07) is 0. The maximum atomic E-state index is 12.2. The molecular weight excluding hydrogens is 236 g/mol. The summed E-state index contributed by atoms with van der Waals surface area (Å²) in [5.41, 5.74) is 5.15. The Morgan fingerprint density at radius 2 is 2.12 bits per heavy atom. The van der Waals surface area contributed by atoms with Gasteiger partial charge < -0.3 is 15.8 Å². The summed E-state index contributed by atoms with van der Waals surface area (Å²) >= 11 is 5.07. The first-order valence-corrected chi connectivity index (χ1v) is 6.51. The van der Waals surface area contributed by atoms with Crippen molar-refractivity contribution in [2.24, 2.45) is 17.1 Å². The van der Waals surface area contributed by atoms with Crippen LogP contribution in [0.15, 0.2) is 0 Å². The number of carbonyl (C=O) groups is 1. The van der Waals surface area contributed by atoms with Crippen molar-refractivity contribution in [3.8, 4) is 0 Å². The lowest BCUT2D eigenvalue weighted by atomic mass is 9.85. The monoisotopic (exact) mass is 258 g/mol. The van der Waals surface area contributed by atoms with Gasteiger partial charge in [-0.15, -0.1) is 0 Å². The van der Waals surface area contributed by atoms with Crippen LogP contribution in [0.2, 0.25) is 0 Å². The Hall–Kier alpha value is -0.680. The molecule has 0 aromatic rings. The van der Waals surface area contributed by atoms with Crippen molar-refractivity contribution in [2.45, 2.75) is 32.6 Å². The number of rotatable bonds is 6. The van der Waals surface area contributed by atoms with Crippen LogP contribution in [0.1, 0.15) is 32.6 Å². The lowest BCUT2D eigenvalue weighted by molar-refractivity contribution is -0.127. The number of hydrogen-bond acceptors (Lipinski definition) is 3. The Labute approximate surface area is 108 Å². The average molecular weight is 258 g/mol. The smallest absolute Gasteiger partial charge is 0.233 e. The van der Waals surface area contributed by atoms with Crippen molar-refractivity contribution in [1.29, 1.82) is 0 Å². The number of ether oxygens (including phenoxy) is 1. The van der Waals surface area contributed by atoms with E-state index in [2.05, 4.69) is 5.32 Å². The molecule has 5 heteroatoms. The number of nitrogens with two attached hydrogens (primary N) is 1. The van der Waals surface area contributed by atoms with Gasteiger partial charge >= 0.3 is 0 Å². The molecule has 0 spiro atoms. The molecule has 1 unspecified atom stereocenters. The summed E-state index contributed by atoms with van der Waals surface area (Å²) in [5.74, 6) is 0.291. The molecule has 1 fully saturated rings. The standard InChI is InChI=1S/C12H22N2O2S/c1-9(8-16-2)7-14-11(15)12(10(13)17)5-3-4-6-12/h9H,3-8H2,1-2H3,(H2,13,17)(H,14,15). The number of nitrogens with one attached hydrogen (secondary N) is 1. The molecule has 0 bridgehead atoms. The Bertz CT molecular complexity index is 288. The molecule has 1 saturated carbocycles. The van der Waals surface area contributed by atoms with Gasteiger partial charge in [0.15, 0.2) is 0 Å². The van der Waals surface area contributed by atoms with Crippen LogP contribution in [-0.4, -0.2) is 31.2 Å². The highest BCUT2D eigenvalue weighted by atomic mass is 32.1. The minimum absolute atomic E-state index is 0.00884. The van der Waals surface area contributed by atoms with Crippen LogP contribution in [0.4, 0.5) is 0 Å². The maximum absolute atomic E-state index is 12.2. The number of amides is 1. The number of thiocarbonyl (C=S) groups is 1. The van der Waals surface area contributed by atoms with E-state index in [1.807, 2.05) is 6.92 Å². The summed E-state index contributed by atoms with van der Waals surface area (Å²) in [6.45, 7) is 3.28. The zero-order chi connectivity index (χ0) is 12.9. The predicted molar refractivity (Wildman–Crippen MR) is 71.7 cm³/mol. The van der Waals surface area contributed by atoms with Crippen molar-refractivity contribution in [3.63, 3.8) is 0 Å². The maximum Gasteiger partial charge on any atom is 0.233 e. The molecule has 0 saturated heterocycles. The van der Waals surface area contributed by atoms with Crippen LogP contribution in [0.25, 0.3) is 0 Å². The van der Waals surface area contributed by atoms with Gasteiger partial charge in [0.2, 0.25) is 5.91 Å². The number of carbonyl (C=O) groups excluding carboxylic acids is 1. The van der Waals surface area contributed by atoms with E-state index in [0.717, 1.165) is 25.7 Å². The third-order valence-electron chi connectivity index (χ3n) is 3.43. The zero-order valence-corrected chi connectivity index (χ0v) is 11.4. The number of methoxy groups -OCH3 is 1. The van der Waals surface area contributed by atoms with Crippen molar-refractivity contribution in [2.75, 3.05) is 20.3 Å². The zero-order valence-electron chi connectivity index (χ0n) is 10.6. The van der Waals surface area contributed by atoms with E-state index in [1.54, 1.807) is 7.11 Å². The Morgan fingerprint density at radius 3 is 2.59 bits per heavy atom. The first-order chi connectivity index (χ1) is 8.03. The van der Waals surface area contributed by atoms with Crippen molar-refractivity contribution in [1.82, 2.24) is 5.32 Å². The van der Waals surface area contributed by atoms with Crippen LogP contribution < -0.4 is 11.1 Å². The molecule has 98 valence electrons. The molecule has 17 heavy (non-hydrogen) atoms. The quantitative estimate of drug-likeness (QED) is 0.703. The summed E-state index contributed by atoms with van der Waals surface area (Å²) in [6.07, 6.45) is 3.62. The van der Waals surface area contributed by atoms with Crippen molar-refractivity contribution < 1.29 is 9.53 Å². The van der Waals surface area contributed by atoms with Crippen LogP contribution in [0.3, 0.4) is 0 Å². The topological polar surface area (TPSA) is 64.3 Å². The lowest BCUT2D eigenvalue weighted by Crippen LogP contribution is -2.48. The molecule has 0 aromatic carbocycles. The highest BCUT2D eigenvalue weighted by molar-refractivity contribution is 7.80. The first-order valence-electron chi connectivity index (χ1n) is 6.10. The summed E-state index contributed by atoms with van der Waals surface area (Å²) in [7, 11) is 1.66. The molecule has 0 heterocycles. The Balaban J connectivity index is 2.53. The Morgan fingerprint density at radius 1 is 1.53 bits per heavy atom. The molecule has 1 atom stereocenters. The highest BCUT2D eigenvalue weighted by Crippen LogP contribution is 2.38. The molecule has 4 nitrogen and oxygen atoms in total. The molecule has 0 radical (unpaired) electrons. The van der Waals surface area contributed by atoms with E-state index in [-0.39, 0.29) is 5.91 Å². The lowest BCUT2D eigenvalue weighted by Gasteiger charge is -2.27. The molecule has 0 aromatic heterocycles. The molecule has 1 aliphatic carbocycles. The van der Waals surface area contributed by atoms with Gasteiger partial charge in [-0.1, -0.05) is 32.0 Å². The van der Waals surface area contributed by atoms with E-state index in [9.17, 15) is 4.79 Å². The normalized spacial score (nSPS) is 19.9. The summed E-state index contributed by atoms with van der Waals surface area (Å²) in [4.78, 5) is 12.5. The molecule has 1 amide bonds. The van der Waals surface area contributed by atoms with Gasteiger partial charge in [0, 0.05) is 13.7 Å². The molecular formula is C12H22N2O2S. The van der Waals surface area contributed by atoms with Gasteiger partial charge in [-0.2, -0.15) is 0 Å². The van der Waals surface area contributed by atoms with Gasteiger partial charge in [-0.05, 0) is 18.8 Å². The van der Waals surface area contributed by atoms with Crippen molar-refractivity contribution >= 4 is 23.1 Å². The molecule has 0 aliphatic heterocycles. The van der Waals surface area contributed by atoms with Crippen molar-refractivity contribution in [3.05, 3.63) is 0 Å². The Kier molecular flexibility index (Phi) is 5.33. The third kappa shape index (κ3) is 3.39. The van der Waals surface area contributed by atoms with Gasteiger partial charge in [-0.3, -0.25) is 4.79 Å². The van der Waals surface area contributed by atoms with Gasteiger partial charge in [0.25, 0.3) is 0 Å². The summed E-state index contributed by atoms with van der Waals surface area (Å²) in [5, 5.41) is 2.94. The predicted octanol–water partition coefficient (Wildman–Crippen LogP) is 1.23. The van der Waals surface area contributed by atoms with Gasteiger partial charge in [-0.25, -0.2) is 0 Å². The van der Waals surface area contributed by atoms with Crippen LogP contribution >= 0.6 is 12.2 Å². The number of hydrogen-bond donors (Lipinski definition) is 2. The summed E-state index contributed by atoms with van der Waals surface area (Å²) < 4.78 is 5.03. The fraction of sp³-hybridized carbons (Fsp3) is 0.833. The largest absolute Gasteiger partial charge is 0.392 e. The average Bonchev–Trinajstić information content (AvgIpc) is 2.76. The van der Waals surface area contributed by atoms with Crippen LogP contribution in [0, 0.1) is 11.3 Å². The van der Waals surface area contributed by atoms with E-state index in [4.69, 9.17) is 22.7 Å². The minimum atomic E-state index is -0.595. The van der Waals surface area contributed by atoms with Gasteiger partial charge in [0.05, 0.1) is 17.0 Å². The second-order valence-electron chi connectivity index (χ2n) is 4.92. The van der Waals surface area contributed by atoms with Crippen LogP contribution in [-0.2, 0) is 9.53 Å². The van der Waals surface area contributed by atoms with E-state index < -0.39 is 5.41 Å². The SMILES string of the molecule is COCC(C)CNC(=O)C1(C(N)=S)CCCC1. The van der Waals surface area contributed by atoms with Gasteiger partial charge in [0.1, 0.15) is 0 Å². The third-order valence-corrected chi connectivity index (χ3v) is 3.82. The van der Waals surface area contributed by atoms with E-state index in [1.165, 1.54) is 0 Å². The van der Waals surface area contributed by atoms with Crippen LogP contribution in [0.5, 0.6) is 0 Å². The first kappa shape index (κ1) is 14.4. The fourth-order valence-electron chi connectivity index (χ4n) is 2.34. The molecule has 3 N–H and O–H groups in total.